The first kappa shape index (κ1) is 20.4. The molecular formula is C18H21BrN2O4S. The Morgan fingerprint density at radius 1 is 1.12 bits per heavy atom. The highest BCUT2D eigenvalue weighted by molar-refractivity contribution is 9.10. The highest BCUT2D eigenvalue weighted by Crippen LogP contribution is 2.27. The summed E-state index contributed by atoms with van der Waals surface area (Å²) in [5.74, 6) is 0.0213. The van der Waals surface area contributed by atoms with E-state index in [2.05, 4.69) is 26.0 Å². The summed E-state index contributed by atoms with van der Waals surface area (Å²) in [6, 6.07) is 10.2. The minimum absolute atomic E-state index is 0.0676. The van der Waals surface area contributed by atoms with Gasteiger partial charge in [-0.05, 0) is 55.3 Å². The zero-order valence-corrected chi connectivity index (χ0v) is 17.2. The predicted octanol–water partition coefficient (Wildman–Crippen LogP) is 2.78. The molecule has 0 aromatic heterocycles. The number of halogens is 1. The van der Waals surface area contributed by atoms with Crippen LogP contribution in [0.1, 0.15) is 21.5 Å². The molecule has 0 saturated carbocycles. The third-order valence-corrected chi connectivity index (χ3v) is 5.83. The molecule has 140 valence electrons. The molecule has 0 atom stereocenters. The maximum absolute atomic E-state index is 12.5. The molecule has 1 amide bonds. The molecule has 0 heterocycles. The van der Waals surface area contributed by atoms with Crippen molar-refractivity contribution in [1.29, 1.82) is 0 Å². The predicted molar refractivity (Wildman–Crippen MR) is 104 cm³/mol. The summed E-state index contributed by atoms with van der Waals surface area (Å²) < 4.78 is 33.5. The second-order valence-electron chi connectivity index (χ2n) is 5.75. The van der Waals surface area contributed by atoms with E-state index in [1.54, 1.807) is 30.3 Å². The number of methoxy groups -OCH3 is 1. The van der Waals surface area contributed by atoms with Crippen molar-refractivity contribution < 1.29 is 17.9 Å². The molecule has 2 rings (SSSR count). The number of rotatable bonds is 7. The average molecular weight is 441 g/mol. The van der Waals surface area contributed by atoms with Crippen molar-refractivity contribution in [2.75, 3.05) is 20.2 Å². The molecule has 0 aliphatic rings. The number of carbonyl (C=O) groups is 1. The van der Waals surface area contributed by atoms with Crippen LogP contribution in [0.3, 0.4) is 0 Å². The van der Waals surface area contributed by atoms with Crippen LogP contribution < -0.4 is 14.8 Å². The standard InChI is InChI=1S/C18H21BrN2O4S/c1-12-9-16(25-3)17(10-13(12)2)26(23,24)21-8-7-20-18(22)14-5-4-6-15(19)11-14/h4-6,9-11,21H,7-8H2,1-3H3,(H,20,22). The van der Waals surface area contributed by atoms with Gasteiger partial charge < -0.3 is 10.1 Å². The van der Waals surface area contributed by atoms with E-state index in [9.17, 15) is 13.2 Å². The first-order valence-electron chi connectivity index (χ1n) is 7.93. The smallest absolute Gasteiger partial charge is 0.251 e. The Kier molecular flexibility index (Phi) is 6.80. The number of nitrogens with one attached hydrogen (secondary N) is 2. The molecule has 2 N–H and O–H groups in total. The Balaban J connectivity index is 1.99. The van der Waals surface area contributed by atoms with Gasteiger partial charge in [-0.15, -0.1) is 0 Å². The Bertz CT molecular complexity index is 913. The van der Waals surface area contributed by atoms with Gasteiger partial charge in [-0.3, -0.25) is 4.79 Å². The normalized spacial score (nSPS) is 11.2. The second-order valence-corrected chi connectivity index (χ2v) is 8.40. The van der Waals surface area contributed by atoms with Crippen LogP contribution in [0.15, 0.2) is 45.8 Å². The molecule has 0 spiro atoms. The van der Waals surface area contributed by atoms with Crippen molar-refractivity contribution in [2.45, 2.75) is 18.7 Å². The van der Waals surface area contributed by atoms with E-state index in [0.717, 1.165) is 15.6 Å². The number of benzene rings is 2. The molecule has 0 saturated heterocycles. The molecule has 0 radical (unpaired) electrons. The average Bonchev–Trinajstić information content (AvgIpc) is 2.60. The first-order chi connectivity index (χ1) is 12.2. The summed E-state index contributed by atoms with van der Waals surface area (Å²) in [7, 11) is -2.31. The second kappa shape index (κ2) is 8.66. The van der Waals surface area contributed by atoms with Crippen LogP contribution in [0.2, 0.25) is 0 Å². The van der Waals surface area contributed by atoms with Crippen molar-refractivity contribution in [2.24, 2.45) is 0 Å². The van der Waals surface area contributed by atoms with Crippen molar-refractivity contribution in [3.8, 4) is 5.75 Å². The van der Waals surface area contributed by atoms with Gasteiger partial charge in [0.2, 0.25) is 10.0 Å². The van der Waals surface area contributed by atoms with Crippen LogP contribution in [-0.4, -0.2) is 34.5 Å². The lowest BCUT2D eigenvalue weighted by Gasteiger charge is -2.13. The monoisotopic (exact) mass is 440 g/mol. The molecule has 2 aromatic rings. The zero-order valence-electron chi connectivity index (χ0n) is 14.8. The molecule has 2 aromatic carbocycles. The summed E-state index contributed by atoms with van der Waals surface area (Å²) in [6.45, 7) is 3.96. The minimum Gasteiger partial charge on any atom is -0.495 e. The highest BCUT2D eigenvalue weighted by atomic mass is 79.9. The third-order valence-electron chi connectivity index (χ3n) is 3.86. The molecule has 0 fully saturated rings. The van der Waals surface area contributed by atoms with Gasteiger partial charge in [0.15, 0.2) is 0 Å². The number of hydrogen-bond donors (Lipinski definition) is 2. The van der Waals surface area contributed by atoms with Crippen molar-refractivity contribution in [1.82, 2.24) is 10.0 Å². The first-order valence-corrected chi connectivity index (χ1v) is 10.2. The fourth-order valence-electron chi connectivity index (χ4n) is 2.30. The van der Waals surface area contributed by atoms with Gasteiger partial charge in [0.05, 0.1) is 7.11 Å². The van der Waals surface area contributed by atoms with Crippen molar-refractivity contribution >= 4 is 31.9 Å². The Morgan fingerprint density at radius 3 is 2.46 bits per heavy atom. The van der Waals surface area contributed by atoms with Crippen LogP contribution in [0.25, 0.3) is 0 Å². The minimum atomic E-state index is -3.75. The number of ether oxygens (including phenoxy) is 1. The van der Waals surface area contributed by atoms with Gasteiger partial charge in [-0.25, -0.2) is 13.1 Å². The lowest BCUT2D eigenvalue weighted by atomic mass is 10.1. The maximum Gasteiger partial charge on any atom is 0.251 e. The Morgan fingerprint density at radius 2 is 1.81 bits per heavy atom. The summed E-state index contributed by atoms with van der Waals surface area (Å²) >= 11 is 3.31. The van der Waals surface area contributed by atoms with E-state index < -0.39 is 10.0 Å². The summed E-state index contributed by atoms with van der Waals surface area (Å²) in [5.41, 5.74) is 2.30. The number of aryl methyl sites for hydroxylation is 2. The van der Waals surface area contributed by atoms with Gasteiger partial charge in [0, 0.05) is 23.1 Å². The quantitative estimate of drug-likeness (QED) is 0.648. The largest absolute Gasteiger partial charge is 0.495 e. The van der Waals surface area contributed by atoms with E-state index in [0.29, 0.717) is 11.3 Å². The fourth-order valence-corrected chi connectivity index (χ4v) is 3.97. The topological polar surface area (TPSA) is 84.5 Å². The lowest BCUT2D eigenvalue weighted by Crippen LogP contribution is -2.34. The van der Waals surface area contributed by atoms with E-state index in [1.807, 2.05) is 19.9 Å². The van der Waals surface area contributed by atoms with Crippen LogP contribution >= 0.6 is 15.9 Å². The van der Waals surface area contributed by atoms with Gasteiger partial charge in [0.25, 0.3) is 5.91 Å². The van der Waals surface area contributed by atoms with Crippen LogP contribution in [0, 0.1) is 13.8 Å². The van der Waals surface area contributed by atoms with E-state index in [4.69, 9.17) is 4.74 Å². The van der Waals surface area contributed by atoms with E-state index in [1.165, 1.54) is 7.11 Å². The van der Waals surface area contributed by atoms with E-state index in [-0.39, 0.29) is 23.9 Å². The summed E-state index contributed by atoms with van der Waals surface area (Å²) in [4.78, 5) is 12.1. The fraction of sp³-hybridized carbons (Fsp3) is 0.278. The zero-order chi connectivity index (χ0) is 19.3. The molecule has 8 heteroatoms. The van der Waals surface area contributed by atoms with E-state index >= 15 is 0 Å². The lowest BCUT2D eigenvalue weighted by molar-refractivity contribution is 0.0954. The molecule has 26 heavy (non-hydrogen) atoms. The summed E-state index contributed by atoms with van der Waals surface area (Å²) in [5, 5.41) is 2.68. The number of amides is 1. The van der Waals surface area contributed by atoms with Crippen LogP contribution in [-0.2, 0) is 10.0 Å². The number of carbonyl (C=O) groups excluding carboxylic acids is 1. The molecule has 0 aliphatic carbocycles. The van der Waals surface area contributed by atoms with Crippen molar-refractivity contribution in [3.63, 3.8) is 0 Å². The molecular weight excluding hydrogens is 420 g/mol. The van der Waals surface area contributed by atoms with Crippen molar-refractivity contribution in [3.05, 3.63) is 57.6 Å². The van der Waals surface area contributed by atoms with Gasteiger partial charge in [-0.2, -0.15) is 0 Å². The Labute approximate surface area is 162 Å². The molecule has 6 nitrogen and oxygen atoms in total. The number of hydrogen-bond acceptors (Lipinski definition) is 4. The third kappa shape index (κ3) is 5.06. The van der Waals surface area contributed by atoms with Gasteiger partial charge in [0.1, 0.15) is 10.6 Å². The maximum atomic E-state index is 12.5. The SMILES string of the molecule is COc1cc(C)c(C)cc1S(=O)(=O)NCCNC(=O)c1cccc(Br)c1. The van der Waals surface area contributed by atoms with Crippen LogP contribution in [0.4, 0.5) is 0 Å². The highest BCUT2D eigenvalue weighted by Gasteiger charge is 2.20. The molecule has 0 bridgehead atoms. The van der Waals surface area contributed by atoms with Crippen LogP contribution in [0.5, 0.6) is 5.75 Å². The Hall–Kier alpha value is -1.90. The number of sulfonamides is 1. The summed E-state index contributed by atoms with van der Waals surface area (Å²) in [6.07, 6.45) is 0. The molecule has 0 unspecified atom stereocenters. The van der Waals surface area contributed by atoms with Gasteiger partial charge >= 0.3 is 0 Å². The molecule has 0 aliphatic heterocycles. The van der Waals surface area contributed by atoms with Gasteiger partial charge in [-0.1, -0.05) is 22.0 Å².